The van der Waals surface area contributed by atoms with Crippen LogP contribution >= 0.6 is 0 Å². The summed E-state index contributed by atoms with van der Waals surface area (Å²) in [5.74, 6) is 1.16. The zero-order chi connectivity index (χ0) is 16.5. The average Bonchev–Trinajstić information content (AvgIpc) is 3.29. The number of nitrogens with zero attached hydrogens (tertiary/aromatic N) is 5. The summed E-state index contributed by atoms with van der Waals surface area (Å²) in [6.45, 7) is 2.29. The topological polar surface area (TPSA) is 60.0 Å². The number of hydrogen-bond donors (Lipinski definition) is 0. The number of benzene rings is 1. The minimum atomic E-state index is -0.155. The van der Waals surface area contributed by atoms with Crippen LogP contribution in [0.3, 0.4) is 0 Å². The van der Waals surface area contributed by atoms with E-state index < -0.39 is 0 Å². The highest BCUT2D eigenvalue weighted by Crippen LogP contribution is 2.29. The molecular weight excluding hydrogens is 309 g/mol. The summed E-state index contributed by atoms with van der Waals surface area (Å²) in [4.78, 5) is 6.28. The van der Waals surface area contributed by atoms with Crippen LogP contribution in [0.5, 0.6) is 0 Å². The number of aryl methyl sites for hydroxylation is 1. The lowest BCUT2D eigenvalue weighted by Crippen LogP contribution is -2.20. The molecule has 3 aromatic rings. The molecule has 124 valence electrons. The molecule has 0 saturated carbocycles. The van der Waals surface area contributed by atoms with Crippen LogP contribution < -0.4 is 0 Å². The van der Waals surface area contributed by atoms with E-state index in [0.29, 0.717) is 18.3 Å². The molecule has 0 aliphatic carbocycles. The number of rotatable bonds is 4. The van der Waals surface area contributed by atoms with Crippen LogP contribution in [-0.2, 0) is 13.6 Å². The number of hydrogen-bond acceptors (Lipinski definition) is 5. The molecule has 1 atom stereocenters. The van der Waals surface area contributed by atoms with E-state index in [9.17, 15) is 4.39 Å². The first kappa shape index (κ1) is 15.0. The maximum atomic E-state index is 13.8. The fourth-order valence-corrected chi connectivity index (χ4v) is 3.11. The molecule has 1 fully saturated rings. The first-order valence-corrected chi connectivity index (χ1v) is 7.96. The second kappa shape index (κ2) is 6.16. The Kier molecular flexibility index (Phi) is 3.86. The summed E-state index contributed by atoms with van der Waals surface area (Å²) in [5, 5.41) is 8.33. The van der Waals surface area contributed by atoms with Crippen molar-refractivity contribution in [2.75, 3.05) is 13.1 Å². The molecule has 1 saturated heterocycles. The lowest BCUT2D eigenvalue weighted by Gasteiger charge is -2.15. The SMILES string of the molecule is Cn1cncc1-c1nnc([C@H]2CCN(Cc3ccccc3F)C2)o1. The summed E-state index contributed by atoms with van der Waals surface area (Å²) in [6, 6.07) is 6.91. The van der Waals surface area contributed by atoms with Gasteiger partial charge in [0, 0.05) is 25.7 Å². The predicted molar refractivity (Wildman–Crippen MR) is 85.5 cm³/mol. The van der Waals surface area contributed by atoms with Gasteiger partial charge in [0.05, 0.1) is 18.4 Å². The highest BCUT2D eigenvalue weighted by molar-refractivity contribution is 5.44. The molecule has 3 heterocycles. The molecule has 2 aromatic heterocycles. The Morgan fingerprint density at radius 3 is 2.96 bits per heavy atom. The normalized spacial score (nSPS) is 18.3. The van der Waals surface area contributed by atoms with Gasteiger partial charge in [0.25, 0.3) is 5.89 Å². The van der Waals surface area contributed by atoms with Crippen molar-refractivity contribution in [2.24, 2.45) is 7.05 Å². The number of imidazole rings is 1. The minimum absolute atomic E-state index is 0.155. The second-order valence-corrected chi connectivity index (χ2v) is 6.15. The Labute approximate surface area is 138 Å². The van der Waals surface area contributed by atoms with Gasteiger partial charge in [-0.2, -0.15) is 0 Å². The summed E-state index contributed by atoms with van der Waals surface area (Å²) in [5.41, 5.74) is 1.52. The van der Waals surface area contributed by atoms with Crippen LogP contribution in [0.2, 0.25) is 0 Å². The van der Waals surface area contributed by atoms with Crippen molar-refractivity contribution in [1.82, 2.24) is 24.6 Å². The summed E-state index contributed by atoms with van der Waals surface area (Å²) in [6.07, 6.45) is 4.34. The molecule has 1 aliphatic heterocycles. The van der Waals surface area contributed by atoms with Gasteiger partial charge in [-0.05, 0) is 19.0 Å². The van der Waals surface area contributed by atoms with Crippen molar-refractivity contribution in [2.45, 2.75) is 18.9 Å². The molecule has 1 aliphatic rings. The molecule has 0 unspecified atom stereocenters. The molecule has 24 heavy (non-hydrogen) atoms. The van der Waals surface area contributed by atoms with E-state index in [1.165, 1.54) is 6.07 Å². The van der Waals surface area contributed by atoms with Crippen molar-refractivity contribution in [3.8, 4) is 11.6 Å². The molecule has 1 aromatic carbocycles. The van der Waals surface area contributed by atoms with E-state index in [1.807, 2.05) is 23.7 Å². The quantitative estimate of drug-likeness (QED) is 0.737. The molecule has 4 rings (SSSR count). The molecule has 7 heteroatoms. The van der Waals surface area contributed by atoms with Crippen molar-refractivity contribution in [3.63, 3.8) is 0 Å². The number of likely N-dealkylation sites (tertiary alicyclic amines) is 1. The van der Waals surface area contributed by atoms with Crippen LogP contribution in [-0.4, -0.2) is 37.7 Å². The zero-order valence-electron chi connectivity index (χ0n) is 13.4. The fourth-order valence-electron chi connectivity index (χ4n) is 3.11. The van der Waals surface area contributed by atoms with Gasteiger partial charge in [0.2, 0.25) is 5.89 Å². The molecule has 0 amide bonds. The van der Waals surface area contributed by atoms with E-state index in [1.54, 1.807) is 18.6 Å². The van der Waals surface area contributed by atoms with Gasteiger partial charge in [0.1, 0.15) is 11.5 Å². The first-order valence-electron chi connectivity index (χ1n) is 7.96. The van der Waals surface area contributed by atoms with Crippen LogP contribution in [0.1, 0.15) is 23.8 Å². The van der Waals surface area contributed by atoms with E-state index in [0.717, 1.165) is 30.8 Å². The fraction of sp³-hybridized carbons (Fsp3) is 0.353. The minimum Gasteiger partial charge on any atom is -0.419 e. The van der Waals surface area contributed by atoms with Crippen LogP contribution in [0.4, 0.5) is 4.39 Å². The molecule has 0 bridgehead atoms. The van der Waals surface area contributed by atoms with Crippen molar-refractivity contribution < 1.29 is 8.81 Å². The van der Waals surface area contributed by atoms with Gasteiger partial charge >= 0.3 is 0 Å². The Balaban J connectivity index is 1.45. The van der Waals surface area contributed by atoms with Crippen LogP contribution in [0, 0.1) is 5.82 Å². The Morgan fingerprint density at radius 2 is 2.17 bits per heavy atom. The van der Waals surface area contributed by atoms with Crippen molar-refractivity contribution in [3.05, 3.63) is 54.1 Å². The Morgan fingerprint density at radius 1 is 1.29 bits per heavy atom. The first-order chi connectivity index (χ1) is 11.7. The molecule has 0 spiro atoms. The Hall–Kier alpha value is -2.54. The maximum Gasteiger partial charge on any atom is 0.265 e. The monoisotopic (exact) mass is 327 g/mol. The molecule has 6 nitrogen and oxygen atoms in total. The zero-order valence-corrected chi connectivity index (χ0v) is 13.4. The van der Waals surface area contributed by atoms with Gasteiger partial charge < -0.3 is 8.98 Å². The van der Waals surface area contributed by atoms with Crippen molar-refractivity contribution >= 4 is 0 Å². The number of halogens is 1. The predicted octanol–water partition coefficient (Wildman–Crippen LogP) is 2.60. The van der Waals surface area contributed by atoms with E-state index in [-0.39, 0.29) is 11.7 Å². The van der Waals surface area contributed by atoms with E-state index in [2.05, 4.69) is 20.1 Å². The molecular formula is C17H18FN5O. The second-order valence-electron chi connectivity index (χ2n) is 6.15. The average molecular weight is 327 g/mol. The maximum absolute atomic E-state index is 13.8. The lowest BCUT2D eigenvalue weighted by molar-refractivity contribution is 0.315. The van der Waals surface area contributed by atoms with Gasteiger partial charge in [0.15, 0.2) is 0 Å². The van der Waals surface area contributed by atoms with E-state index in [4.69, 9.17) is 4.42 Å². The number of aromatic nitrogens is 4. The van der Waals surface area contributed by atoms with Crippen molar-refractivity contribution in [1.29, 1.82) is 0 Å². The lowest BCUT2D eigenvalue weighted by atomic mass is 10.1. The molecule has 0 radical (unpaired) electrons. The van der Waals surface area contributed by atoms with E-state index >= 15 is 0 Å². The highest BCUT2D eigenvalue weighted by Gasteiger charge is 2.29. The summed E-state index contributed by atoms with van der Waals surface area (Å²) in [7, 11) is 1.89. The molecule has 0 N–H and O–H groups in total. The van der Waals surface area contributed by atoms with Crippen LogP contribution in [0.25, 0.3) is 11.6 Å². The summed E-state index contributed by atoms with van der Waals surface area (Å²) >= 11 is 0. The largest absolute Gasteiger partial charge is 0.419 e. The third kappa shape index (κ3) is 2.82. The van der Waals surface area contributed by atoms with Crippen LogP contribution in [0.15, 0.2) is 41.2 Å². The third-order valence-corrected chi connectivity index (χ3v) is 4.45. The van der Waals surface area contributed by atoms with Gasteiger partial charge in [-0.3, -0.25) is 4.90 Å². The van der Waals surface area contributed by atoms with Gasteiger partial charge in [-0.25, -0.2) is 9.37 Å². The Bertz CT molecular complexity index is 843. The van der Waals surface area contributed by atoms with Gasteiger partial charge in [-0.1, -0.05) is 18.2 Å². The third-order valence-electron chi connectivity index (χ3n) is 4.45. The highest BCUT2D eigenvalue weighted by atomic mass is 19.1. The smallest absolute Gasteiger partial charge is 0.265 e. The summed E-state index contributed by atoms with van der Waals surface area (Å²) < 4.78 is 21.5. The standard InChI is InChI=1S/C17H18FN5O/c1-22-11-19-8-15(22)17-21-20-16(24-17)13-6-7-23(10-13)9-12-4-2-3-5-14(12)18/h2-5,8,11,13H,6-7,9-10H2,1H3/t13-/m0/s1. The van der Waals surface area contributed by atoms with Gasteiger partial charge in [-0.15, -0.1) is 10.2 Å².